The summed E-state index contributed by atoms with van der Waals surface area (Å²) in [5.74, 6) is -1.49. The standard InChI is InChI=1S/C20H21NO5.CH2O/c1-11-4-17-18(5-12(11)2)26-10-13(3)21(17)9-14-6-15(19(22)23)8-16(7-14)20(24)25;1-2/h4-8,13H,9-10H2,1-3H3,(H,22,23)(H,24,25);1H2. The summed E-state index contributed by atoms with van der Waals surface area (Å²) in [5, 5.41) is 18.5. The Labute approximate surface area is 163 Å². The number of anilines is 1. The molecule has 148 valence electrons. The molecule has 2 aromatic rings. The van der Waals surface area contributed by atoms with Gasteiger partial charge in [0.2, 0.25) is 0 Å². The molecule has 0 bridgehead atoms. The van der Waals surface area contributed by atoms with Crippen molar-refractivity contribution in [1.29, 1.82) is 0 Å². The summed E-state index contributed by atoms with van der Waals surface area (Å²) in [4.78, 5) is 32.8. The highest BCUT2D eigenvalue weighted by Crippen LogP contribution is 2.37. The van der Waals surface area contributed by atoms with E-state index in [1.54, 1.807) is 0 Å². The zero-order valence-electron chi connectivity index (χ0n) is 16.1. The molecule has 0 spiro atoms. The number of hydrogen-bond donors (Lipinski definition) is 2. The number of benzene rings is 2. The fourth-order valence-corrected chi connectivity index (χ4v) is 3.12. The van der Waals surface area contributed by atoms with Gasteiger partial charge in [0.15, 0.2) is 0 Å². The molecule has 28 heavy (non-hydrogen) atoms. The molecule has 0 saturated carbocycles. The first-order valence-electron chi connectivity index (χ1n) is 8.66. The largest absolute Gasteiger partial charge is 0.489 e. The van der Waals surface area contributed by atoms with Crippen LogP contribution < -0.4 is 9.64 Å². The molecule has 1 heterocycles. The van der Waals surface area contributed by atoms with Gasteiger partial charge in [-0.1, -0.05) is 0 Å². The van der Waals surface area contributed by atoms with Crippen LogP contribution in [-0.2, 0) is 11.3 Å². The summed E-state index contributed by atoms with van der Waals surface area (Å²) >= 11 is 0. The SMILES string of the molecule is C=O.Cc1cc2c(cc1C)N(Cc1cc(C(=O)O)cc(C(=O)O)c1)C(C)CO2. The molecule has 0 saturated heterocycles. The summed E-state index contributed by atoms with van der Waals surface area (Å²) < 4.78 is 5.83. The van der Waals surface area contributed by atoms with E-state index in [1.165, 1.54) is 18.2 Å². The van der Waals surface area contributed by atoms with Crippen molar-refractivity contribution in [3.8, 4) is 5.75 Å². The number of carboxylic acid groups (broad SMARTS) is 2. The number of fused-ring (bicyclic) bond motifs is 1. The van der Waals surface area contributed by atoms with Crippen LogP contribution in [0.15, 0.2) is 30.3 Å². The van der Waals surface area contributed by atoms with Crippen LogP contribution in [0, 0.1) is 13.8 Å². The molecule has 0 radical (unpaired) electrons. The van der Waals surface area contributed by atoms with E-state index in [2.05, 4.69) is 11.0 Å². The molecule has 0 amide bonds. The molecule has 0 aromatic heterocycles. The third kappa shape index (κ3) is 4.31. The van der Waals surface area contributed by atoms with Gasteiger partial charge >= 0.3 is 11.9 Å². The monoisotopic (exact) mass is 385 g/mol. The van der Waals surface area contributed by atoms with Gasteiger partial charge in [0.1, 0.15) is 19.1 Å². The Morgan fingerprint density at radius 3 is 2.11 bits per heavy atom. The van der Waals surface area contributed by atoms with Crippen molar-refractivity contribution in [3.05, 3.63) is 58.1 Å². The third-order valence-electron chi connectivity index (χ3n) is 4.74. The van der Waals surface area contributed by atoms with Gasteiger partial charge in [-0.25, -0.2) is 9.59 Å². The second kappa shape index (κ2) is 8.56. The van der Waals surface area contributed by atoms with Crippen LogP contribution in [0.4, 0.5) is 5.69 Å². The highest BCUT2D eigenvalue weighted by molar-refractivity contribution is 5.94. The minimum atomic E-state index is -1.14. The fourth-order valence-electron chi connectivity index (χ4n) is 3.12. The normalized spacial score (nSPS) is 15.0. The average Bonchev–Trinajstić information content (AvgIpc) is 2.67. The Bertz CT molecular complexity index is 876. The van der Waals surface area contributed by atoms with Crippen LogP contribution in [0.1, 0.15) is 44.3 Å². The van der Waals surface area contributed by atoms with Gasteiger partial charge in [0.05, 0.1) is 22.9 Å². The predicted octanol–water partition coefficient (Wildman–Crippen LogP) is 3.30. The first kappa shape index (κ1) is 21.0. The van der Waals surface area contributed by atoms with Crippen molar-refractivity contribution < 1.29 is 29.3 Å². The summed E-state index contributed by atoms with van der Waals surface area (Å²) in [6, 6.07) is 8.36. The lowest BCUT2D eigenvalue weighted by Gasteiger charge is -2.37. The number of aromatic carboxylic acids is 2. The number of nitrogens with zero attached hydrogens (tertiary/aromatic N) is 1. The first-order valence-corrected chi connectivity index (χ1v) is 8.66. The van der Waals surface area contributed by atoms with Crippen LogP contribution in [0.5, 0.6) is 5.75 Å². The van der Waals surface area contributed by atoms with Crippen LogP contribution >= 0.6 is 0 Å². The molecule has 0 fully saturated rings. The Morgan fingerprint density at radius 2 is 1.57 bits per heavy atom. The molecular weight excluding hydrogens is 362 g/mol. The second-order valence-electron chi connectivity index (χ2n) is 6.72. The van der Waals surface area contributed by atoms with Crippen molar-refractivity contribution in [2.75, 3.05) is 11.5 Å². The highest BCUT2D eigenvalue weighted by Gasteiger charge is 2.26. The van der Waals surface area contributed by atoms with E-state index in [1.807, 2.05) is 33.6 Å². The van der Waals surface area contributed by atoms with E-state index < -0.39 is 11.9 Å². The molecule has 1 unspecified atom stereocenters. The van der Waals surface area contributed by atoms with Crippen LogP contribution in [-0.4, -0.2) is 41.6 Å². The summed E-state index contributed by atoms with van der Waals surface area (Å²) in [7, 11) is 0. The van der Waals surface area contributed by atoms with Crippen molar-refractivity contribution in [3.63, 3.8) is 0 Å². The predicted molar refractivity (Wildman–Crippen MR) is 105 cm³/mol. The number of hydrogen-bond acceptors (Lipinski definition) is 5. The second-order valence-corrected chi connectivity index (χ2v) is 6.72. The smallest absolute Gasteiger partial charge is 0.335 e. The summed E-state index contributed by atoms with van der Waals surface area (Å²) in [5.41, 5.74) is 3.79. The van der Waals surface area contributed by atoms with Gasteiger partial charge in [-0.3, -0.25) is 0 Å². The molecule has 1 aliphatic rings. The van der Waals surface area contributed by atoms with Gasteiger partial charge in [-0.05, 0) is 67.8 Å². The Kier molecular flexibility index (Phi) is 6.41. The molecule has 1 aliphatic heterocycles. The van der Waals surface area contributed by atoms with E-state index in [0.29, 0.717) is 18.7 Å². The zero-order valence-corrected chi connectivity index (χ0v) is 16.1. The zero-order chi connectivity index (χ0) is 21.0. The van der Waals surface area contributed by atoms with Crippen LogP contribution in [0.2, 0.25) is 0 Å². The van der Waals surface area contributed by atoms with E-state index in [-0.39, 0.29) is 17.2 Å². The van der Waals surface area contributed by atoms with Crippen LogP contribution in [0.25, 0.3) is 0 Å². The Balaban J connectivity index is 0.00000136. The minimum Gasteiger partial charge on any atom is -0.489 e. The topological polar surface area (TPSA) is 104 Å². The molecular formula is C21H23NO6. The molecule has 2 N–H and O–H groups in total. The Hall–Kier alpha value is -3.35. The van der Waals surface area contributed by atoms with E-state index >= 15 is 0 Å². The molecule has 7 heteroatoms. The number of aryl methyl sites for hydroxylation is 2. The maximum Gasteiger partial charge on any atom is 0.335 e. The van der Waals surface area contributed by atoms with E-state index in [0.717, 1.165) is 22.6 Å². The van der Waals surface area contributed by atoms with E-state index in [4.69, 9.17) is 9.53 Å². The maximum absolute atomic E-state index is 11.3. The van der Waals surface area contributed by atoms with Gasteiger partial charge in [0, 0.05) is 6.54 Å². The van der Waals surface area contributed by atoms with Crippen molar-refractivity contribution >= 4 is 24.4 Å². The quantitative estimate of drug-likeness (QED) is 0.832. The molecule has 3 rings (SSSR count). The Morgan fingerprint density at radius 1 is 1.04 bits per heavy atom. The first-order chi connectivity index (χ1) is 13.3. The molecule has 2 aromatic carbocycles. The lowest BCUT2D eigenvalue weighted by atomic mass is 10.0. The number of rotatable bonds is 4. The minimum absolute atomic E-state index is 0.0267. The summed E-state index contributed by atoms with van der Waals surface area (Å²) in [6.07, 6.45) is 0. The molecule has 7 nitrogen and oxygen atoms in total. The van der Waals surface area contributed by atoms with Gasteiger partial charge in [0.25, 0.3) is 0 Å². The fraction of sp³-hybridized carbons (Fsp3) is 0.286. The van der Waals surface area contributed by atoms with Crippen LogP contribution in [0.3, 0.4) is 0 Å². The number of carboxylic acids is 2. The van der Waals surface area contributed by atoms with Crippen molar-refractivity contribution in [2.24, 2.45) is 0 Å². The number of carbonyl (C=O) groups excluding carboxylic acids is 1. The van der Waals surface area contributed by atoms with Gasteiger partial charge < -0.3 is 24.6 Å². The molecule has 1 atom stereocenters. The van der Waals surface area contributed by atoms with Crippen molar-refractivity contribution in [2.45, 2.75) is 33.4 Å². The number of ether oxygens (including phenoxy) is 1. The average molecular weight is 385 g/mol. The highest BCUT2D eigenvalue weighted by atomic mass is 16.5. The maximum atomic E-state index is 11.3. The van der Waals surface area contributed by atoms with Crippen molar-refractivity contribution in [1.82, 2.24) is 0 Å². The lowest BCUT2D eigenvalue weighted by molar-refractivity contribution is -0.0980. The lowest BCUT2D eigenvalue weighted by Crippen LogP contribution is -2.40. The third-order valence-corrected chi connectivity index (χ3v) is 4.74. The molecule has 0 aliphatic carbocycles. The number of carbonyl (C=O) groups is 3. The van der Waals surface area contributed by atoms with Gasteiger partial charge in [-0.2, -0.15) is 0 Å². The summed E-state index contributed by atoms with van der Waals surface area (Å²) in [6.45, 7) is 9.00. The van der Waals surface area contributed by atoms with Gasteiger partial charge in [-0.15, -0.1) is 0 Å². The van der Waals surface area contributed by atoms with E-state index in [9.17, 15) is 19.8 Å².